The van der Waals surface area contributed by atoms with Crippen LogP contribution in [0.1, 0.15) is 29.5 Å². The van der Waals surface area contributed by atoms with Gasteiger partial charge in [-0.3, -0.25) is 4.98 Å². The van der Waals surface area contributed by atoms with E-state index < -0.39 is 12.2 Å². The molecule has 2 rings (SSSR count). The van der Waals surface area contributed by atoms with E-state index in [1.165, 1.54) is 0 Å². The molecule has 3 unspecified atom stereocenters. The van der Waals surface area contributed by atoms with Crippen LogP contribution < -0.4 is 0 Å². The number of aliphatic hydroxyl groups excluding tert-OH is 2. The standard InChI is InChI=1S/C14H21NO3S2/c1-19-7-9-3-4-10(11(15-9)8-20-2)13-5-12(17)14(6-16)18-13/h3-4,12-14,16-17H,5-8H2,1-2H3. The molecule has 1 aromatic heterocycles. The maximum absolute atomic E-state index is 9.87. The van der Waals surface area contributed by atoms with Gasteiger partial charge in [-0.15, -0.1) is 0 Å². The molecule has 1 saturated heterocycles. The molecule has 0 aromatic carbocycles. The van der Waals surface area contributed by atoms with Crippen molar-refractivity contribution in [2.45, 2.75) is 36.2 Å². The molecule has 0 bridgehead atoms. The van der Waals surface area contributed by atoms with Crippen molar-refractivity contribution in [3.8, 4) is 0 Å². The summed E-state index contributed by atoms with van der Waals surface area (Å²) in [5.41, 5.74) is 3.14. The Labute approximate surface area is 128 Å². The minimum Gasteiger partial charge on any atom is -0.394 e. The molecule has 4 nitrogen and oxygen atoms in total. The van der Waals surface area contributed by atoms with Crippen LogP contribution in [0.4, 0.5) is 0 Å². The molecule has 2 N–H and O–H groups in total. The summed E-state index contributed by atoms with van der Waals surface area (Å²) < 4.78 is 5.74. The number of rotatable bonds is 6. The summed E-state index contributed by atoms with van der Waals surface area (Å²) in [6.45, 7) is -0.145. The lowest BCUT2D eigenvalue weighted by molar-refractivity contribution is -0.0228. The zero-order valence-corrected chi connectivity index (χ0v) is 13.4. The van der Waals surface area contributed by atoms with Gasteiger partial charge in [-0.05, 0) is 18.6 Å². The topological polar surface area (TPSA) is 62.6 Å². The van der Waals surface area contributed by atoms with Gasteiger partial charge in [0.15, 0.2) is 0 Å². The minimum absolute atomic E-state index is 0.145. The molecule has 1 fully saturated rings. The second-order valence-electron chi connectivity index (χ2n) is 4.85. The van der Waals surface area contributed by atoms with Crippen LogP contribution in [-0.2, 0) is 16.2 Å². The number of nitrogens with zero attached hydrogens (tertiary/aromatic N) is 1. The largest absolute Gasteiger partial charge is 0.394 e. The van der Waals surface area contributed by atoms with Gasteiger partial charge in [0.05, 0.1) is 30.2 Å². The van der Waals surface area contributed by atoms with Crippen LogP contribution in [0.5, 0.6) is 0 Å². The van der Waals surface area contributed by atoms with Gasteiger partial charge in [0.25, 0.3) is 0 Å². The van der Waals surface area contributed by atoms with Gasteiger partial charge in [-0.2, -0.15) is 23.5 Å². The Balaban J connectivity index is 2.22. The molecule has 3 atom stereocenters. The van der Waals surface area contributed by atoms with Gasteiger partial charge in [-0.25, -0.2) is 0 Å². The predicted molar refractivity (Wildman–Crippen MR) is 84.0 cm³/mol. The van der Waals surface area contributed by atoms with Gasteiger partial charge in [0.2, 0.25) is 0 Å². The van der Waals surface area contributed by atoms with Crippen molar-refractivity contribution < 1.29 is 14.9 Å². The molecule has 0 amide bonds. The van der Waals surface area contributed by atoms with Gasteiger partial charge < -0.3 is 14.9 Å². The monoisotopic (exact) mass is 315 g/mol. The summed E-state index contributed by atoms with van der Waals surface area (Å²) in [5, 5.41) is 19.0. The summed E-state index contributed by atoms with van der Waals surface area (Å²) in [5.74, 6) is 1.73. The Morgan fingerprint density at radius 2 is 2.05 bits per heavy atom. The number of hydrogen-bond acceptors (Lipinski definition) is 6. The second kappa shape index (κ2) is 7.66. The smallest absolute Gasteiger partial charge is 0.107 e. The minimum atomic E-state index is -0.599. The van der Waals surface area contributed by atoms with Crippen molar-refractivity contribution in [3.05, 3.63) is 29.1 Å². The van der Waals surface area contributed by atoms with E-state index in [9.17, 15) is 10.2 Å². The molecule has 1 aromatic rings. The summed E-state index contributed by atoms with van der Waals surface area (Å²) in [6, 6.07) is 4.08. The quantitative estimate of drug-likeness (QED) is 0.837. The molecule has 0 saturated carbocycles. The number of aromatic nitrogens is 1. The van der Waals surface area contributed by atoms with Crippen molar-refractivity contribution in [1.82, 2.24) is 4.98 Å². The fourth-order valence-corrected chi connectivity index (χ4v) is 3.39. The lowest BCUT2D eigenvalue weighted by Gasteiger charge is -2.16. The number of aliphatic hydroxyl groups is 2. The fourth-order valence-electron chi connectivity index (χ4n) is 2.42. The van der Waals surface area contributed by atoms with Crippen LogP contribution in [-0.4, -0.2) is 46.5 Å². The molecular weight excluding hydrogens is 294 g/mol. The van der Waals surface area contributed by atoms with E-state index in [-0.39, 0.29) is 12.7 Å². The first-order valence-corrected chi connectivity index (χ1v) is 9.39. The molecule has 0 spiro atoms. The zero-order valence-electron chi connectivity index (χ0n) is 11.8. The highest BCUT2D eigenvalue weighted by Gasteiger charge is 2.35. The second-order valence-corrected chi connectivity index (χ2v) is 6.59. The van der Waals surface area contributed by atoms with Crippen molar-refractivity contribution >= 4 is 23.5 Å². The first-order valence-electron chi connectivity index (χ1n) is 6.60. The fraction of sp³-hybridized carbons (Fsp3) is 0.643. The van der Waals surface area contributed by atoms with Crippen LogP contribution in [0.25, 0.3) is 0 Å². The third-order valence-corrected chi connectivity index (χ3v) is 4.54. The van der Waals surface area contributed by atoms with Crippen LogP contribution in [0, 0.1) is 0 Å². The van der Waals surface area contributed by atoms with Crippen LogP contribution in [0.15, 0.2) is 12.1 Å². The van der Waals surface area contributed by atoms with E-state index in [0.29, 0.717) is 6.42 Å². The van der Waals surface area contributed by atoms with E-state index in [0.717, 1.165) is 28.5 Å². The molecule has 0 radical (unpaired) electrons. The Hall–Kier alpha value is -0.270. The van der Waals surface area contributed by atoms with E-state index in [2.05, 4.69) is 12.3 Å². The molecule has 1 aliphatic rings. The van der Waals surface area contributed by atoms with E-state index in [1.807, 2.05) is 12.3 Å². The molecule has 0 aliphatic carbocycles. The highest BCUT2D eigenvalue weighted by atomic mass is 32.2. The summed E-state index contributed by atoms with van der Waals surface area (Å²) in [4.78, 5) is 4.71. The van der Waals surface area contributed by atoms with Gasteiger partial charge in [0, 0.05) is 23.5 Å². The van der Waals surface area contributed by atoms with E-state index in [4.69, 9.17) is 9.72 Å². The number of hydrogen-bond donors (Lipinski definition) is 2. The SMILES string of the molecule is CSCc1ccc(C2CC(O)C(CO)O2)c(CSC)n1. The molecule has 1 aliphatic heterocycles. The maximum Gasteiger partial charge on any atom is 0.107 e. The molecule has 112 valence electrons. The average molecular weight is 315 g/mol. The van der Waals surface area contributed by atoms with Crippen LogP contribution >= 0.6 is 23.5 Å². The predicted octanol–water partition coefficient (Wildman–Crippen LogP) is 1.99. The summed E-state index contributed by atoms with van der Waals surface area (Å²) in [6.07, 6.45) is 3.39. The Morgan fingerprint density at radius 1 is 1.30 bits per heavy atom. The van der Waals surface area contributed by atoms with Crippen molar-refractivity contribution in [2.24, 2.45) is 0 Å². The summed E-state index contributed by atoms with van der Waals surface area (Å²) in [7, 11) is 0. The van der Waals surface area contributed by atoms with Crippen LogP contribution in [0.2, 0.25) is 0 Å². The summed E-state index contributed by atoms with van der Waals surface area (Å²) >= 11 is 3.48. The highest BCUT2D eigenvalue weighted by Crippen LogP contribution is 2.35. The van der Waals surface area contributed by atoms with Gasteiger partial charge >= 0.3 is 0 Å². The number of ether oxygens (including phenoxy) is 1. The van der Waals surface area contributed by atoms with Crippen molar-refractivity contribution in [1.29, 1.82) is 0 Å². The van der Waals surface area contributed by atoms with Gasteiger partial charge in [-0.1, -0.05) is 6.07 Å². The Kier molecular flexibility index (Phi) is 6.17. The normalized spacial score (nSPS) is 26.1. The third-order valence-electron chi connectivity index (χ3n) is 3.39. The van der Waals surface area contributed by atoms with Crippen molar-refractivity contribution in [2.75, 3.05) is 19.1 Å². The highest BCUT2D eigenvalue weighted by molar-refractivity contribution is 7.98. The number of thioether (sulfide) groups is 2. The van der Waals surface area contributed by atoms with Gasteiger partial charge in [0.1, 0.15) is 6.10 Å². The zero-order chi connectivity index (χ0) is 14.5. The number of pyridine rings is 1. The van der Waals surface area contributed by atoms with Crippen molar-refractivity contribution in [3.63, 3.8) is 0 Å². The van der Waals surface area contributed by atoms with E-state index in [1.54, 1.807) is 23.5 Å². The lowest BCUT2D eigenvalue weighted by Crippen LogP contribution is -2.24. The van der Waals surface area contributed by atoms with Crippen LogP contribution in [0.3, 0.4) is 0 Å². The molecule has 2 heterocycles. The average Bonchev–Trinajstić information content (AvgIpc) is 2.81. The maximum atomic E-state index is 9.87. The first kappa shape index (κ1) is 16.1. The Bertz CT molecular complexity index is 444. The molecule has 20 heavy (non-hydrogen) atoms. The first-order chi connectivity index (χ1) is 9.69. The molecular formula is C14H21NO3S2. The molecule has 6 heteroatoms. The van der Waals surface area contributed by atoms with E-state index >= 15 is 0 Å². The Morgan fingerprint density at radius 3 is 2.65 bits per heavy atom. The third kappa shape index (κ3) is 3.68. The lowest BCUT2D eigenvalue weighted by atomic mass is 10.0.